The van der Waals surface area contributed by atoms with E-state index < -0.39 is 0 Å². The Labute approximate surface area is 160 Å². The first kappa shape index (κ1) is 16.6. The van der Waals surface area contributed by atoms with Gasteiger partial charge in [-0.1, -0.05) is 24.3 Å². The molecule has 0 fully saturated rings. The third-order valence-electron chi connectivity index (χ3n) is 5.37. The summed E-state index contributed by atoms with van der Waals surface area (Å²) < 4.78 is 8.64. The molecule has 28 heavy (non-hydrogen) atoms. The number of anilines is 1. The van der Waals surface area contributed by atoms with Crippen molar-refractivity contribution < 1.29 is 9.53 Å². The number of benzene rings is 2. The highest BCUT2D eigenvalue weighted by Gasteiger charge is 2.33. The minimum absolute atomic E-state index is 0.124. The van der Waals surface area contributed by atoms with Crippen LogP contribution in [-0.4, -0.2) is 27.0 Å². The Balaban J connectivity index is 1.85. The van der Waals surface area contributed by atoms with Gasteiger partial charge in [-0.25, -0.2) is 4.98 Å². The predicted molar refractivity (Wildman–Crippen MR) is 106 cm³/mol. The Morgan fingerprint density at radius 3 is 2.61 bits per heavy atom. The standard InChI is InChI=1S/C21H18N4O3/c1-24-20(27)18-14(12-7-9-13(28-2)10-8-12)11-17(26)23-19(18)25-16-6-4-3-5-15(16)22-21(24)25/h3-10,14H,11H2,1-2H3,(H,23,26)/t14-/m0/s1. The average Bonchev–Trinajstić information content (AvgIpc) is 3.11. The number of hydrogen-bond acceptors (Lipinski definition) is 4. The molecule has 0 radical (unpaired) electrons. The van der Waals surface area contributed by atoms with Gasteiger partial charge in [0, 0.05) is 19.4 Å². The van der Waals surface area contributed by atoms with E-state index in [1.165, 1.54) is 0 Å². The van der Waals surface area contributed by atoms with Crippen molar-refractivity contribution in [3.05, 3.63) is 70.0 Å². The molecule has 1 aliphatic heterocycles. The maximum Gasteiger partial charge on any atom is 0.260 e. The summed E-state index contributed by atoms with van der Waals surface area (Å²) >= 11 is 0. The Morgan fingerprint density at radius 2 is 1.86 bits per heavy atom. The summed E-state index contributed by atoms with van der Waals surface area (Å²) in [4.78, 5) is 30.4. The number of carbonyl (C=O) groups excluding carboxylic acids is 1. The second-order valence-corrected chi connectivity index (χ2v) is 6.94. The minimum atomic E-state index is -0.334. The number of ether oxygens (including phenoxy) is 1. The zero-order valence-electron chi connectivity index (χ0n) is 15.5. The van der Waals surface area contributed by atoms with Crippen LogP contribution >= 0.6 is 0 Å². The fourth-order valence-corrected chi connectivity index (χ4v) is 3.98. The maximum atomic E-state index is 13.3. The molecule has 7 nitrogen and oxygen atoms in total. The Kier molecular flexibility index (Phi) is 3.52. The van der Waals surface area contributed by atoms with Crippen LogP contribution in [0.3, 0.4) is 0 Å². The van der Waals surface area contributed by atoms with Gasteiger partial charge >= 0.3 is 0 Å². The fraction of sp³-hybridized carbons (Fsp3) is 0.190. The number of aromatic nitrogens is 3. The average molecular weight is 374 g/mol. The number of para-hydroxylation sites is 2. The predicted octanol–water partition coefficient (Wildman–Crippen LogP) is 2.67. The van der Waals surface area contributed by atoms with E-state index >= 15 is 0 Å². The minimum Gasteiger partial charge on any atom is -0.497 e. The van der Waals surface area contributed by atoms with Crippen molar-refractivity contribution in [1.29, 1.82) is 0 Å². The molecular formula is C21H18N4O3. The van der Waals surface area contributed by atoms with Crippen LogP contribution in [0.15, 0.2) is 53.3 Å². The van der Waals surface area contributed by atoms with Gasteiger partial charge in [0.15, 0.2) is 0 Å². The van der Waals surface area contributed by atoms with Gasteiger partial charge in [-0.05, 0) is 29.8 Å². The number of nitrogens with one attached hydrogen (secondary N) is 1. The first-order chi connectivity index (χ1) is 13.6. The summed E-state index contributed by atoms with van der Waals surface area (Å²) in [7, 11) is 3.32. The van der Waals surface area contributed by atoms with Crippen molar-refractivity contribution in [1.82, 2.24) is 14.0 Å². The largest absolute Gasteiger partial charge is 0.497 e. The number of nitrogens with zero attached hydrogens (tertiary/aromatic N) is 3. The molecule has 0 saturated carbocycles. The third kappa shape index (κ3) is 2.26. The van der Waals surface area contributed by atoms with Gasteiger partial charge in [0.1, 0.15) is 11.6 Å². The molecule has 2 aromatic heterocycles. The highest BCUT2D eigenvalue weighted by molar-refractivity contribution is 5.96. The molecule has 0 aliphatic carbocycles. The van der Waals surface area contributed by atoms with Crippen molar-refractivity contribution in [2.75, 3.05) is 12.4 Å². The van der Waals surface area contributed by atoms with Gasteiger partial charge in [-0.15, -0.1) is 0 Å². The van der Waals surface area contributed by atoms with Crippen molar-refractivity contribution in [3.63, 3.8) is 0 Å². The lowest BCUT2D eigenvalue weighted by Gasteiger charge is -2.27. The van der Waals surface area contributed by atoms with Crippen LogP contribution in [0.25, 0.3) is 16.8 Å². The lowest BCUT2D eigenvalue weighted by atomic mass is 9.86. The zero-order valence-corrected chi connectivity index (χ0v) is 15.5. The lowest BCUT2D eigenvalue weighted by Crippen LogP contribution is -2.35. The highest BCUT2D eigenvalue weighted by atomic mass is 16.5. The third-order valence-corrected chi connectivity index (χ3v) is 5.37. The number of fused-ring (bicyclic) bond motifs is 5. The van der Waals surface area contributed by atoms with Gasteiger partial charge in [-0.3, -0.25) is 18.6 Å². The summed E-state index contributed by atoms with van der Waals surface area (Å²) in [6.07, 6.45) is 0.215. The SMILES string of the molecule is COc1ccc([C@@H]2CC(=O)Nc3c2c(=O)n(C)c2nc4ccccc4n32)cc1. The summed E-state index contributed by atoms with van der Waals surface area (Å²) in [6, 6.07) is 15.1. The van der Waals surface area contributed by atoms with E-state index in [-0.39, 0.29) is 23.8 Å². The Morgan fingerprint density at radius 1 is 1.11 bits per heavy atom. The molecule has 4 aromatic rings. The molecular weight excluding hydrogens is 356 g/mol. The van der Waals surface area contributed by atoms with Crippen LogP contribution in [-0.2, 0) is 11.8 Å². The number of carbonyl (C=O) groups is 1. The first-order valence-electron chi connectivity index (χ1n) is 9.02. The molecule has 5 rings (SSSR count). The van der Waals surface area contributed by atoms with Crippen LogP contribution in [0.2, 0.25) is 0 Å². The molecule has 7 heteroatoms. The Bertz CT molecular complexity index is 1300. The molecule has 0 saturated heterocycles. The fourth-order valence-electron chi connectivity index (χ4n) is 3.98. The quantitative estimate of drug-likeness (QED) is 0.585. The highest BCUT2D eigenvalue weighted by Crippen LogP contribution is 2.36. The van der Waals surface area contributed by atoms with Crippen molar-refractivity contribution in [3.8, 4) is 5.75 Å². The maximum absolute atomic E-state index is 13.3. The van der Waals surface area contributed by atoms with E-state index in [2.05, 4.69) is 10.3 Å². The van der Waals surface area contributed by atoms with Crippen LogP contribution < -0.4 is 15.6 Å². The first-order valence-corrected chi connectivity index (χ1v) is 9.02. The number of rotatable bonds is 2. The second-order valence-electron chi connectivity index (χ2n) is 6.94. The molecule has 0 bridgehead atoms. The molecule has 0 spiro atoms. The molecule has 0 unspecified atom stereocenters. The number of aryl methyl sites for hydroxylation is 1. The molecule has 1 amide bonds. The molecule has 3 heterocycles. The normalized spacial score (nSPS) is 16.2. The summed E-state index contributed by atoms with van der Waals surface area (Å²) in [5.74, 6) is 1.28. The van der Waals surface area contributed by atoms with E-state index in [4.69, 9.17) is 4.74 Å². The van der Waals surface area contributed by atoms with Crippen molar-refractivity contribution in [2.45, 2.75) is 12.3 Å². The summed E-state index contributed by atoms with van der Waals surface area (Å²) in [6.45, 7) is 0. The number of amides is 1. The molecule has 2 aromatic carbocycles. The summed E-state index contributed by atoms with van der Waals surface area (Å²) in [5, 5.41) is 2.92. The zero-order chi connectivity index (χ0) is 19.4. The van der Waals surface area contributed by atoms with E-state index in [1.54, 1.807) is 18.7 Å². The monoisotopic (exact) mass is 374 g/mol. The van der Waals surface area contributed by atoms with Crippen LogP contribution in [0.4, 0.5) is 5.82 Å². The molecule has 140 valence electrons. The molecule has 1 aliphatic rings. The van der Waals surface area contributed by atoms with E-state index in [1.807, 2.05) is 52.9 Å². The van der Waals surface area contributed by atoms with Crippen molar-refractivity contribution in [2.24, 2.45) is 7.05 Å². The van der Waals surface area contributed by atoms with E-state index in [0.29, 0.717) is 17.2 Å². The lowest BCUT2D eigenvalue weighted by molar-refractivity contribution is -0.116. The molecule has 1 atom stereocenters. The van der Waals surface area contributed by atoms with Crippen LogP contribution in [0.5, 0.6) is 5.75 Å². The van der Waals surface area contributed by atoms with Gasteiger partial charge in [0.05, 0.1) is 23.7 Å². The van der Waals surface area contributed by atoms with Crippen LogP contribution in [0, 0.1) is 0 Å². The van der Waals surface area contributed by atoms with E-state index in [9.17, 15) is 9.59 Å². The smallest absolute Gasteiger partial charge is 0.260 e. The number of hydrogen-bond donors (Lipinski definition) is 1. The molecule has 1 N–H and O–H groups in total. The topological polar surface area (TPSA) is 77.6 Å². The van der Waals surface area contributed by atoms with Gasteiger partial charge in [-0.2, -0.15) is 0 Å². The Hall–Kier alpha value is -3.61. The number of methoxy groups -OCH3 is 1. The summed E-state index contributed by atoms with van der Waals surface area (Å²) in [5.41, 5.74) is 2.94. The van der Waals surface area contributed by atoms with Crippen molar-refractivity contribution >= 4 is 28.5 Å². The van der Waals surface area contributed by atoms with Crippen LogP contribution in [0.1, 0.15) is 23.5 Å². The van der Waals surface area contributed by atoms with E-state index in [0.717, 1.165) is 22.3 Å². The second kappa shape index (κ2) is 5.95. The van der Waals surface area contributed by atoms with Gasteiger partial charge in [0.25, 0.3) is 5.56 Å². The van der Waals surface area contributed by atoms with Gasteiger partial charge < -0.3 is 10.1 Å². The number of imidazole rings is 1. The van der Waals surface area contributed by atoms with Gasteiger partial charge in [0.2, 0.25) is 11.7 Å².